The lowest BCUT2D eigenvalue weighted by Gasteiger charge is -2.13. The summed E-state index contributed by atoms with van der Waals surface area (Å²) in [5.41, 5.74) is 1.98. The molecule has 0 saturated carbocycles. The summed E-state index contributed by atoms with van der Waals surface area (Å²) in [5, 5.41) is 3.71. The highest BCUT2D eigenvalue weighted by atomic mass is 32.2. The Kier molecular flexibility index (Phi) is 4.47. The van der Waals surface area contributed by atoms with Crippen LogP contribution < -0.4 is 0 Å². The van der Waals surface area contributed by atoms with Crippen LogP contribution >= 0.6 is 0 Å². The highest BCUT2D eigenvalue weighted by Crippen LogP contribution is 2.18. The number of allylic oxidation sites excluding steroid dienone is 4. The van der Waals surface area contributed by atoms with Crippen LogP contribution in [0.5, 0.6) is 0 Å². The molecule has 0 fully saturated rings. The fourth-order valence-corrected chi connectivity index (χ4v) is 2.44. The maximum atomic E-state index is 12.0. The summed E-state index contributed by atoms with van der Waals surface area (Å²) >= 11 is 0. The molecule has 2 rings (SSSR count). The molecule has 0 N–H and O–H groups in total. The zero-order valence-electron chi connectivity index (χ0n) is 11.9. The van der Waals surface area contributed by atoms with Gasteiger partial charge in [-0.15, -0.1) is 0 Å². The number of nitrogens with zero attached hydrogens (tertiary/aromatic N) is 1. The summed E-state index contributed by atoms with van der Waals surface area (Å²) in [4.78, 5) is 0.0605. The van der Waals surface area contributed by atoms with Crippen molar-refractivity contribution in [3.63, 3.8) is 0 Å². The third-order valence-electron chi connectivity index (χ3n) is 3.00. The van der Waals surface area contributed by atoms with Crippen LogP contribution in [-0.2, 0) is 19.1 Å². The van der Waals surface area contributed by atoms with Crippen LogP contribution in [0.4, 0.5) is 0 Å². The Balaban J connectivity index is 2.18. The van der Waals surface area contributed by atoms with Crippen molar-refractivity contribution in [2.24, 2.45) is 5.16 Å². The van der Waals surface area contributed by atoms with E-state index >= 15 is 0 Å². The van der Waals surface area contributed by atoms with Crippen molar-refractivity contribution < 1.29 is 17.4 Å². The average molecular weight is 306 g/mol. The zero-order chi connectivity index (χ0) is 15.5. The largest absolute Gasteiger partial charge is 0.501 e. The smallest absolute Gasteiger partial charge is 0.358 e. The van der Waals surface area contributed by atoms with Gasteiger partial charge in [-0.1, -0.05) is 28.9 Å². The molecular formula is C15H16NO4S. The van der Waals surface area contributed by atoms with Gasteiger partial charge >= 0.3 is 10.1 Å². The van der Waals surface area contributed by atoms with Crippen molar-refractivity contribution in [1.29, 1.82) is 0 Å². The molecule has 1 aliphatic carbocycles. The highest BCUT2D eigenvalue weighted by molar-refractivity contribution is 7.86. The molecule has 1 aromatic rings. The minimum absolute atomic E-state index is 0.0605. The van der Waals surface area contributed by atoms with Gasteiger partial charge in [-0.25, -0.2) is 0 Å². The number of hydrogen-bond acceptors (Lipinski definition) is 5. The van der Waals surface area contributed by atoms with Gasteiger partial charge in [-0.3, -0.25) is 4.28 Å². The van der Waals surface area contributed by atoms with Gasteiger partial charge in [0.05, 0.1) is 19.2 Å². The second-order valence-electron chi connectivity index (χ2n) is 4.59. The van der Waals surface area contributed by atoms with Gasteiger partial charge in [0.1, 0.15) is 10.7 Å². The topological polar surface area (TPSA) is 65.0 Å². The first-order valence-electron chi connectivity index (χ1n) is 6.27. The first kappa shape index (κ1) is 15.3. The van der Waals surface area contributed by atoms with E-state index in [1.165, 1.54) is 19.2 Å². The predicted octanol–water partition coefficient (Wildman–Crippen LogP) is 2.75. The quantitative estimate of drug-likeness (QED) is 0.802. The molecule has 1 aliphatic rings. The molecule has 0 aliphatic heterocycles. The molecule has 1 aromatic carbocycles. The summed E-state index contributed by atoms with van der Waals surface area (Å²) < 4.78 is 33.9. The van der Waals surface area contributed by atoms with Gasteiger partial charge < -0.3 is 4.74 Å². The summed E-state index contributed by atoms with van der Waals surface area (Å²) in [6, 6.07) is 6.35. The van der Waals surface area contributed by atoms with Crippen molar-refractivity contribution >= 4 is 15.8 Å². The SMILES string of the molecule is [CH2]C1=CC=C(OC)CC1=NOS(=O)(=O)c1ccc(C)cc1. The molecule has 0 bridgehead atoms. The number of benzene rings is 1. The van der Waals surface area contributed by atoms with Crippen LogP contribution in [-0.4, -0.2) is 21.2 Å². The molecule has 0 atom stereocenters. The van der Waals surface area contributed by atoms with Crippen LogP contribution in [0.3, 0.4) is 0 Å². The lowest BCUT2D eigenvalue weighted by Crippen LogP contribution is -2.10. The molecule has 0 saturated heterocycles. The number of ether oxygens (including phenoxy) is 1. The highest BCUT2D eigenvalue weighted by Gasteiger charge is 2.18. The van der Waals surface area contributed by atoms with E-state index in [-0.39, 0.29) is 4.90 Å². The van der Waals surface area contributed by atoms with Gasteiger partial charge in [0.15, 0.2) is 0 Å². The molecule has 0 aromatic heterocycles. The Hall–Kier alpha value is -2.08. The fraction of sp³-hybridized carbons (Fsp3) is 0.200. The lowest BCUT2D eigenvalue weighted by atomic mass is 10.0. The third-order valence-corrected chi connectivity index (χ3v) is 4.12. The molecule has 6 heteroatoms. The van der Waals surface area contributed by atoms with E-state index in [0.717, 1.165) is 5.56 Å². The molecule has 1 radical (unpaired) electrons. The number of oxime groups is 1. The van der Waals surface area contributed by atoms with E-state index in [4.69, 9.17) is 9.02 Å². The van der Waals surface area contributed by atoms with Crippen LogP contribution in [0, 0.1) is 13.8 Å². The van der Waals surface area contributed by atoms with Gasteiger partial charge in [0.2, 0.25) is 0 Å². The minimum Gasteiger partial charge on any atom is -0.501 e. The van der Waals surface area contributed by atoms with Gasteiger partial charge in [-0.2, -0.15) is 8.42 Å². The summed E-state index contributed by atoms with van der Waals surface area (Å²) in [7, 11) is -2.39. The second kappa shape index (κ2) is 6.13. The molecule has 5 nitrogen and oxygen atoms in total. The van der Waals surface area contributed by atoms with Crippen molar-refractivity contribution in [3.8, 4) is 0 Å². The van der Waals surface area contributed by atoms with Crippen molar-refractivity contribution in [2.75, 3.05) is 7.11 Å². The number of methoxy groups -OCH3 is 1. The third kappa shape index (κ3) is 3.72. The van der Waals surface area contributed by atoms with Crippen LogP contribution in [0.1, 0.15) is 12.0 Å². The number of aryl methyl sites for hydroxylation is 1. The van der Waals surface area contributed by atoms with E-state index in [2.05, 4.69) is 12.1 Å². The van der Waals surface area contributed by atoms with Crippen molar-refractivity contribution in [1.82, 2.24) is 0 Å². The van der Waals surface area contributed by atoms with Crippen LogP contribution in [0.15, 0.2) is 57.8 Å². The number of rotatable bonds is 4. The van der Waals surface area contributed by atoms with Crippen LogP contribution in [0.2, 0.25) is 0 Å². The normalized spacial score (nSPS) is 17.2. The van der Waals surface area contributed by atoms with Gasteiger partial charge in [0.25, 0.3) is 0 Å². The van der Waals surface area contributed by atoms with Gasteiger partial charge in [-0.05, 0) is 37.6 Å². The molecular weight excluding hydrogens is 290 g/mol. The van der Waals surface area contributed by atoms with E-state index in [1.807, 2.05) is 6.92 Å². The first-order chi connectivity index (χ1) is 9.92. The predicted molar refractivity (Wildman–Crippen MR) is 80.0 cm³/mol. The molecule has 111 valence electrons. The second-order valence-corrected chi connectivity index (χ2v) is 6.11. The Bertz CT molecular complexity index is 713. The lowest BCUT2D eigenvalue weighted by molar-refractivity contribution is 0.284. The summed E-state index contributed by atoms with van der Waals surface area (Å²) in [6.07, 6.45) is 3.80. The van der Waals surface area contributed by atoms with E-state index in [1.54, 1.807) is 24.3 Å². The molecule has 0 heterocycles. The van der Waals surface area contributed by atoms with Gasteiger partial charge in [0, 0.05) is 0 Å². The van der Waals surface area contributed by atoms with Crippen molar-refractivity contribution in [3.05, 3.63) is 60.2 Å². The van der Waals surface area contributed by atoms with Crippen LogP contribution in [0.25, 0.3) is 0 Å². The standard InChI is InChI=1S/C15H16NO4S/c1-11-4-8-14(9-5-11)21(17,18)20-16-15-10-13(19-3)7-6-12(15)2/h4-9H,2,10H2,1,3H3. The van der Waals surface area contributed by atoms with Crippen molar-refractivity contribution in [2.45, 2.75) is 18.2 Å². The fourth-order valence-electron chi connectivity index (χ4n) is 1.70. The Labute approximate surface area is 124 Å². The Morgan fingerprint density at radius 2 is 1.86 bits per heavy atom. The molecule has 0 unspecified atom stereocenters. The zero-order valence-corrected chi connectivity index (χ0v) is 12.7. The minimum atomic E-state index is -3.93. The molecule has 21 heavy (non-hydrogen) atoms. The van der Waals surface area contributed by atoms with E-state index in [0.29, 0.717) is 23.5 Å². The number of hydrogen-bond donors (Lipinski definition) is 0. The summed E-state index contributed by atoms with van der Waals surface area (Å²) in [6.45, 7) is 5.66. The molecule has 0 spiro atoms. The first-order valence-corrected chi connectivity index (χ1v) is 7.67. The summed E-state index contributed by atoms with van der Waals surface area (Å²) in [5.74, 6) is 0.664. The Morgan fingerprint density at radius 3 is 2.48 bits per heavy atom. The van der Waals surface area contributed by atoms with E-state index in [9.17, 15) is 8.42 Å². The monoisotopic (exact) mass is 306 g/mol. The Morgan fingerprint density at radius 1 is 1.19 bits per heavy atom. The average Bonchev–Trinajstić information content (AvgIpc) is 2.47. The maximum absolute atomic E-state index is 12.0. The molecule has 0 amide bonds. The maximum Gasteiger partial charge on any atom is 0.358 e. The van der Waals surface area contributed by atoms with E-state index < -0.39 is 10.1 Å².